The molecule has 0 aliphatic carbocycles. The van der Waals surface area contributed by atoms with Crippen LogP contribution in [0.25, 0.3) is 0 Å². The van der Waals surface area contributed by atoms with Crippen LogP contribution in [0, 0.1) is 17.8 Å². The van der Waals surface area contributed by atoms with Crippen LogP contribution in [0.2, 0.25) is 0 Å². The lowest BCUT2D eigenvalue weighted by molar-refractivity contribution is -0.149. The summed E-state index contributed by atoms with van der Waals surface area (Å²) in [5.74, 6) is -1.65. The van der Waals surface area contributed by atoms with Crippen molar-refractivity contribution in [3.8, 4) is 11.5 Å². The van der Waals surface area contributed by atoms with E-state index in [4.69, 9.17) is 9.47 Å². The number of carbonyl (C=O) groups excluding carboxylic acids is 3. The Kier molecular flexibility index (Phi) is 8.04. The molecular formula is C25H34O6. The van der Waals surface area contributed by atoms with Gasteiger partial charge < -0.3 is 14.6 Å². The minimum absolute atomic E-state index is 0.0845. The summed E-state index contributed by atoms with van der Waals surface area (Å²) in [6.45, 7) is 9.65. The SMILES string of the molecule is COc1ccc(C(=O)[C@H]2C(=O)O[C@@](C)(CCC/C(C)=C/C(=O)CC(C)C)[C@@H]2C)c(O)c1. The molecule has 170 valence electrons. The highest BCUT2D eigenvalue weighted by molar-refractivity contribution is 6.11. The first-order chi connectivity index (χ1) is 14.5. The largest absolute Gasteiger partial charge is 0.507 e. The fourth-order valence-corrected chi connectivity index (χ4v) is 4.10. The van der Waals surface area contributed by atoms with Crippen LogP contribution < -0.4 is 4.74 Å². The van der Waals surface area contributed by atoms with Gasteiger partial charge in [-0.05, 0) is 57.2 Å². The van der Waals surface area contributed by atoms with Crippen LogP contribution in [-0.4, -0.2) is 35.4 Å². The number of rotatable bonds is 10. The molecule has 6 heteroatoms. The molecule has 1 heterocycles. The quantitative estimate of drug-likeness (QED) is 0.246. The second kappa shape index (κ2) is 10.1. The standard InChI is InChI=1S/C25H34O6/c1-15(2)12-18(26)13-16(3)8-7-11-25(5)17(4)22(24(29)31-25)23(28)20-10-9-19(30-6)14-21(20)27/h9-10,13-15,17,22,27H,7-8,11-12H2,1-6H3/b16-13+/t17-,22+,25+/m1/s1. The summed E-state index contributed by atoms with van der Waals surface area (Å²) in [6, 6.07) is 4.40. The molecule has 1 N–H and O–H groups in total. The summed E-state index contributed by atoms with van der Waals surface area (Å²) >= 11 is 0. The van der Waals surface area contributed by atoms with Crippen molar-refractivity contribution in [3.05, 3.63) is 35.4 Å². The van der Waals surface area contributed by atoms with E-state index in [1.54, 1.807) is 12.1 Å². The van der Waals surface area contributed by atoms with E-state index in [1.807, 2.05) is 34.6 Å². The Bertz CT molecular complexity index is 869. The Morgan fingerprint density at radius 3 is 2.58 bits per heavy atom. The Balaban J connectivity index is 2.04. The maximum atomic E-state index is 13.0. The van der Waals surface area contributed by atoms with E-state index in [0.29, 0.717) is 24.5 Å². The van der Waals surface area contributed by atoms with E-state index < -0.39 is 23.3 Å². The molecule has 31 heavy (non-hydrogen) atoms. The van der Waals surface area contributed by atoms with Gasteiger partial charge in [-0.15, -0.1) is 0 Å². The fraction of sp³-hybridized carbons (Fsp3) is 0.560. The highest BCUT2D eigenvalue weighted by atomic mass is 16.6. The van der Waals surface area contributed by atoms with Crippen LogP contribution in [-0.2, 0) is 14.3 Å². The lowest BCUT2D eigenvalue weighted by atomic mass is 9.77. The molecule has 0 saturated carbocycles. The van der Waals surface area contributed by atoms with Crippen molar-refractivity contribution < 1.29 is 29.0 Å². The van der Waals surface area contributed by atoms with Gasteiger partial charge in [0.25, 0.3) is 0 Å². The normalized spacial score (nSPS) is 23.7. The Morgan fingerprint density at radius 1 is 1.32 bits per heavy atom. The average molecular weight is 431 g/mol. The number of carbonyl (C=O) groups is 3. The van der Waals surface area contributed by atoms with Crippen molar-refractivity contribution in [3.63, 3.8) is 0 Å². The number of aromatic hydroxyl groups is 1. The number of ketones is 2. The molecule has 0 bridgehead atoms. The molecule has 1 saturated heterocycles. The smallest absolute Gasteiger partial charge is 0.317 e. The zero-order chi connectivity index (χ0) is 23.3. The monoisotopic (exact) mass is 430 g/mol. The molecule has 1 fully saturated rings. The first kappa shape index (κ1) is 24.6. The summed E-state index contributed by atoms with van der Waals surface area (Å²) in [4.78, 5) is 37.6. The number of hydrogen-bond acceptors (Lipinski definition) is 6. The van der Waals surface area contributed by atoms with Gasteiger partial charge in [0.15, 0.2) is 11.6 Å². The first-order valence-corrected chi connectivity index (χ1v) is 10.8. The highest BCUT2D eigenvalue weighted by Crippen LogP contribution is 2.43. The molecule has 3 atom stereocenters. The predicted octanol–water partition coefficient (Wildman–Crippen LogP) is 4.88. The maximum absolute atomic E-state index is 13.0. The van der Waals surface area contributed by atoms with Crippen LogP contribution in [0.3, 0.4) is 0 Å². The van der Waals surface area contributed by atoms with Gasteiger partial charge in [0.1, 0.15) is 23.0 Å². The molecule has 0 spiro atoms. The minimum atomic E-state index is -0.964. The lowest BCUT2D eigenvalue weighted by Gasteiger charge is -2.28. The van der Waals surface area contributed by atoms with Crippen LogP contribution in [0.5, 0.6) is 11.5 Å². The van der Waals surface area contributed by atoms with E-state index in [9.17, 15) is 19.5 Å². The van der Waals surface area contributed by atoms with Gasteiger partial charge in [-0.2, -0.15) is 0 Å². The first-order valence-electron chi connectivity index (χ1n) is 10.8. The van der Waals surface area contributed by atoms with Crippen LogP contribution in [0.1, 0.15) is 70.7 Å². The molecule has 2 rings (SSSR count). The van der Waals surface area contributed by atoms with Gasteiger partial charge in [-0.1, -0.05) is 26.3 Å². The van der Waals surface area contributed by atoms with Crippen LogP contribution in [0.4, 0.5) is 0 Å². The molecule has 1 aromatic rings. The van der Waals surface area contributed by atoms with E-state index in [0.717, 1.165) is 18.4 Å². The van der Waals surface area contributed by atoms with Crippen LogP contribution in [0.15, 0.2) is 29.8 Å². The van der Waals surface area contributed by atoms with Crippen molar-refractivity contribution >= 4 is 17.5 Å². The third-order valence-electron chi connectivity index (χ3n) is 6.06. The number of cyclic esters (lactones) is 1. The van der Waals surface area contributed by atoms with Crippen molar-refractivity contribution in [1.82, 2.24) is 0 Å². The zero-order valence-electron chi connectivity index (χ0n) is 19.4. The molecule has 0 aromatic heterocycles. The van der Waals surface area contributed by atoms with Gasteiger partial charge >= 0.3 is 5.97 Å². The number of ether oxygens (including phenoxy) is 2. The van der Waals surface area contributed by atoms with Gasteiger partial charge in [0.2, 0.25) is 0 Å². The summed E-state index contributed by atoms with van der Waals surface area (Å²) in [7, 11) is 1.47. The second-order valence-electron chi connectivity index (χ2n) is 9.16. The molecular weight excluding hydrogens is 396 g/mol. The summed E-state index contributed by atoms with van der Waals surface area (Å²) in [6.07, 6.45) is 4.28. The minimum Gasteiger partial charge on any atom is -0.507 e. The second-order valence-corrected chi connectivity index (χ2v) is 9.16. The highest BCUT2D eigenvalue weighted by Gasteiger charge is 2.53. The Hall–Kier alpha value is -2.63. The van der Waals surface area contributed by atoms with Gasteiger partial charge in [-0.25, -0.2) is 0 Å². The molecule has 1 aliphatic rings. The molecule has 1 aromatic carbocycles. The van der Waals surface area contributed by atoms with Crippen LogP contribution >= 0.6 is 0 Å². The van der Waals surface area contributed by atoms with E-state index >= 15 is 0 Å². The lowest BCUT2D eigenvalue weighted by Crippen LogP contribution is -2.33. The van der Waals surface area contributed by atoms with Crippen molar-refractivity contribution in [2.75, 3.05) is 7.11 Å². The molecule has 0 unspecified atom stereocenters. The van der Waals surface area contributed by atoms with Gasteiger partial charge in [0, 0.05) is 18.4 Å². The molecule has 0 amide bonds. The predicted molar refractivity (Wildman–Crippen MR) is 118 cm³/mol. The number of hydrogen-bond donors (Lipinski definition) is 1. The number of phenols is 1. The topological polar surface area (TPSA) is 89.9 Å². The molecule has 1 aliphatic heterocycles. The third-order valence-corrected chi connectivity index (χ3v) is 6.06. The van der Waals surface area contributed by atoms with Crippen molar-refractivity contribution in [2.24, 2.45) is 17.8 Å². The number of phenolic OH excluding ortho intramolecular Hbond substituents is 1. The van der Waals surface area contributed by atoms with Gasteiger partial charge in [-0.3, -0.25) is 14.4 Å². The van der Waals surface area contributed by atoms with Crippen molar-refractivity contribution in [2.45, 2.75) is 65.9 Å². The molecule has 6 nitrogen and oxygen atoms in total. The van der Waals surface area contributed by atoms with Crippen molar-refractivity contribution in [1.29, 1.82) is 0 Å². The third kappa shape index (κ3) is 5.96. The molecule has 0 radical (unpaired) electrons. The Morgan fingerprint density at radius 2 is 2.00 bits per heavy atom. The van der Waals surface area contributed by atoms with E-state index in [-0.39, 0.29) is 23.0 Å². The van der Waals surface area contributed by atoms with E-state index in [1.165, 1.54) is 19.2 Å². The number of Topliss-reactive ketones (excluding diaryl/α,β-unsaturated/α-hetero) is 1. The number of methoxy groups -OCH3 is 1. The average Bonchev–Trinajstić information content (AvgIpc) is 2.88. The van der Waals surface area contributed by atoms with Gasteiger partial charge in [0.05, 0.1) is 12.7 Å². The summed E-state index contributed by atoms with van der Waals surface area (Å²) in [5, 5.41) is 10.2. The summed E-state index contributed by atoms with van der Waals surface area (Å²) < 4.78 is 10.7. The number of allylic oxidation sites excluding steroid dienone is 2. The van der Waals surface area contributed by atoms with E-state index in [2.05, 4.69) is 0 Å². The summed E-state index contributed by atoms with van der Waals surface area (Å²) in [5.41, 5.74) is 0.310. The number of benzene rings is 1. The Labute approximate surface area is 184 Å². The number of esters is 1. The maximum Gasteiger partial charge on any atom is 0.317 e. The zero-order valence-corrected chi connectivity index (χ0v) is 19.4. The fourth-order valence-electron chi connectivity index (χ4n) is 4.10.